The second-order valence-electron chi connectivity index (χ2n) is 8.89. The smallest absolute Gasteiger partial charge is 0.229 e. The van der Waals surface area contributed by atoms with Gasteiger partial charge in [-0.25, -0.2) is 0 Å². The Labute approximate surface area is 169 Å². The minimum Gasteiger partial charge on any atom is -0.342 e. The van der Waals surface area contributed by atoms with E-state index in [9.17, 15) is 4.79 Å². The first-order chi connectivity index (χ1) is 13.6. The van der Waals surface area contributed by atoms with Crippen LogP contribution >= 0.6 is 11.3 Å². The van der Waals surface area contributed by atoms with Gasteiger partial charge in [0.05, 0.1) is 12.5 Å². The number of amides is 1. The molecule has 2 aromatic rings. The lowest BCUT2D eigenvalue weighted by Gasteiger charge is -2.39. The number of piperidine rings is 1. The Balaban J connectivity index is 1.20. The van der Waals surface area contributed by atoms with Gasteiger partial charge in [0.15, 0.2) is 5.82 Å². The maximum Gasteiger partial charge on any atom is 0.229 e. The molecular weight excluding hydrogens is 372 g/mol. The molecule has 5 rings (SSSR count). The normalized spacial score (nSPS) is 25.3. The van der Waals surface area contributed by atoms with Crippen molar-refractivity contribution in [3.8, 4) is 0 Å². The molecule has 0 radical (unpaired) electrons. The van der Waals surface area contributed by atoms with E-state index in [0.717, 1.165) is 55.5 Å². The van der Waals surface area contributed by atoms with Gasteiger partial charge in [-0.3, -0.25) is 9.69 Å². The molecule has 4 heterocycles. The summed E-state index contributed by atoms with van der Waals surface area (Å²) in [6.07, 6.45) is 7.38. The van der Waals surface area contributed by atoms with Crippen LogP contribution in [-0.2, 0) is 11.2 Å². The summed E-state index contributed by atoms with van der Waals surface area (Å²) >= 11 is 1.66. The van der Waals surface area contributed by atoms with Gasteiger partial charge in [0, 0.05) is 30.4 Å². The summed E-state index contributed by atoms with van der Waals surface area (Å²) in [5.41, 5.74) is 0.274. The van der Waals surface area contributed by atoms with Crippen LogP contribution in [-0.4, -0.2) is 52.5 Å². The van der Waals surface area contributed by atoms with E-state index in [0.29, 0.717) is 12.3 Å². The van der Waals surface area contributed by atoms with Crippen molar-refractivity contribution in [2.75, 3.05) is 26.7 Å². The predicted octanol–water partition coefficient (Wildman–Crippen LogP) is 3.63. The van der Waals surface area contributed by atoms with Gasteiger partial charge in [0.1, 0.15) is 0 Å². The van der Waals surface area contributed by atoms with Crippen molar-refractivity contribution in [2.45, 2.75) is 56.9 Å². The second-order valence-corrected chi connectivity index (χ2v) is 9.92. The molecule has 1 saturated carbocycles. The molecule has 150 valence electrons. The maximum atomic E-state index is 12.6. The molecule has 0 aromatic carbocycles. The monoisotopic (exact) mass is 400 g/mol. The van der Waals surface area contributed by atoms with E-state index >= 15 is 0 Å². The summed E-state index contributed by atoms with van der Waals surface area (Å²) in [7, 11) is 2.17. The Hall–Kier alpha value is -1.73. The topological polar surface area (TPSA) is 62.5 Å². The summed E-state index contributed by atoms with van der Waals surface area (Å²) in [6.45, 7) is 2.78. The first kappa shape index (κ1) is 18.3. The van der Waals surface area contributed by atoms with Crippen LogP contribution in [0.5, 0.6) is 0 Å². The van der Waals surface area contributed by atoms with Gasteiger partial charge >= 0.3 is 0 Å². The number of aromatic nitrogens is 2. The number of likely N-dealkylation sites (tertiary alicyclic amines) is 2. The largest absolute Gasteiger partial charge is 0.342 e. The van der Waals surface area contributed by atoms with Crippen LogP contribution in [0.2, 0.25) is 0 Å². The van der Waals surface area contributed by atoms with E-state index < -0.39 is 0 Å². The third-order valence-corrected chi connectivity index (χ3v) is 7.91. The fourth-order valence-corrected chi connectivity index (χ4v) is 5.72. The molecule has 1 aliphatic carbocycles. The molecular formula is C21H28N4O2S. The Morgan fingerprint density at radius 1 is 1.36 bits per heavy atom. The van der Waals surface area contributed by atoms with Crippen molar-refractivity contribution in [3.63, 3.8) is 0 Å². The van der Waals surface area contributed by atoms with Gasteiger partial charge < -0.3 is 9.42 Å². The van der Waals surface area contributed by atoms with Crippen molar-refractivity contribution in [1.29, 1.82) is 0 Å². The summed E-state index contributed by atoms with van der Waals surface area (Å²) in [4.78, 5) is 23.0. The minimum atomic E-state index is 0.242. The molecule has 0 N–H and O–H groups in total. The predicted molar refractivity (Wildman–Crippen MR) is 107 cm³/mol. The van der Waals surface area contributed by atoms with Crippen LogP contribution in [0, 0.1) is 5.41 Å². The van der Waals surface area contributed by atoms with Crippen LogP contribution in [0.4, 0.5) is 0 Å². The van der Waals surface area contributed by atoms with Crippen LogP contribution < -0.4 is 0 Å². The van der Waals surface area contributed by atoms with E-state index in [1.807, 2.05) is 17.5 Å². The lowest BCUT2D eigenvalue weighted by atomic mass is 9.76. The van der Waals surface area contributed by atoms with E-state index in [4.69, 9.17) is 9.51 Å². The number of hydrogen-bond acceptors (Lipinski definition) is 6. The van der Waals surface area contributed by atoms with Crippen LogP contribution in [0.15, 0.2) is 22.0 Å². The van der Waals surface area contributed by atoms with Gasteiger partial charge in [0.2, 0.25) is 11.8 Å². The van der Waals surface area contributed by atoms with Crippen LogP contribution in [0.25, 0.3) is 0 Å². The summed E-state index contributed by atoms with van der Waals surface area (Å²) in [6, 6.07) is 4.31. The average Bonchev–Trinajstić information content (AvgIpc) is 3.36. The maximum absolute atomic E-state index is 12.6. The Morgan fingerprint density at radius 2 is 2.18 bits per heavy atom. The number of carbonyl (C=O) groups is 1. The lowest BCUT2D eigenvalue weighted by molar-refractivity contribution is -0.132. The molecule has 2 aliphatic heterocycles. The fraction of sp³-hybridized carbons (Fsp3) is 0.667. The van der Waals surface area contributed by atoms with E-state index in [1.165, 1.54) is 19.3 Å². The zero-order chi connectivity index (χ0) is 19.1. The number of nitrogens with zero attached hydrogens (tertiary/aromatic N) is 4. The number of thiophene rings is 1. The third-order valence-electron chi connectivity index (χ3n) is 7.04. The number of hydrogen-bond donors (Lipinski definition) is 0. The van der Waals surface area contributed by atoms with Crippen molar-refractivity contribution >= 4 is 17.2 Å². The first-order valence-electron chi connectivity index (χ1n) is 10.5. The average molecular weight is 401 g/mol. The van der Waals surface area contributed by atoms with Crippen molar-refractivity contribution in [1.82, 2.24) is 19.9 Å². The Kier molecular flexibility index (Phi) is 4.75. The highest BCUT2D eigenvalue weighted by molar-refractivity contribution is 7.10. The quantitative estimate of drug-likeness (QED) is 0.784. The van der Waals surface area contributed by atoms with E-state index in [1.54, 1.807) is 11.3 Å². The molecule has 1 unspecified atom stereocenters. The molecule has 7 heteroatoms. The molecule has 1 amide bonds. The van der Waals surface area contributed by atoms with Crippen LogP contribution in [0.1, 0.15) is 67.1 Å². The highest BCUT2D eigenvalue weighted by Crippen LogP contribution is 2.48. The summed E-state index contributed by atoms with van der Waals surface area (Å²) < 4.78 is 5.56. The standard InChI is InChI=1S/C21H28N4O2S/c1-24-14-21(13-17(24)19-22-20(27-23-19)15-4-2-5-15)7-9-25(10-8-21)18(26)12-16-6-3-11-28-16/h3,6,11,15,17H,2,4-5,7-10,12-14H2,1H3. The lowest BCUT2D eigenvalue weighted by Crippen LogP contribution is -2.44. The van der Waals surface area contributed by atoms with Crippen molar-refractivity contribution in [3.05, 3.63) is 34.1 Å². The SMILES string of the molecule is CN1CC2(CCN(C(=O)Cc3cccs3)CC2)CC1c1noc(C2CCC2)n1. The molecule has 28 heavy (non-hydrogen) atoms. The number of carbonyl (C=O) groups excluding carboxylic acids is 1. The fourth-order valence-electron chi connectivity index (χ4n) is 5.03. The minimum absolute atomic E-state index is 0.242. The third kappa shape index (κ3) is 3.39. The zero-order valence-electron chi connectivity index (χ0n) is 16.5. The molecule has 1 spiro atoms. The molecule has 6 nitrogen and oxygen atoms in total. The van der Waals surface area contributed by atoms with Crippen molar-refractivity contribution in [2.24, 2.45) is 5.41 Å². The van der Waals surface area contributed by atoms with E-state index in [-0.39, 0.29) is 17.4 Å². The molecule has 2 saturated heterocycles. The van der Waals surface area contributed by atoms with Gasteiger partial charge in [-0.1, -0.05) is 17.6 Å². The van der Waals surface area contributed by atoms with E-state index in [2.05, 4.69) is 22.0 Å². The van der Waals surface area contributed by atoms with Crippen molar-refractivity contribution < 1.29 is 9.32 Å². The second kappa shape index (κ2) is 7.26. The Morgan fingerprint density at radius 3 is 2.86 bits per heavy atom. The summed E-state index contributed by atoms with van der Waals surface area (Å²) in [5.74, 6) is 2.45. The summed E-state index contributed by atoms with van der Waals surface area (Å²) in [5, 5.41) is 6.36. The molecule has 1 atom stereocenters. The number of rotatable bonds is 4. The van der Waals surface area contributed by atoms with Crippen LogP contribution in [0.3, 0.4) is 0 Å². The molecule has 0 bridgehead atoms. The van der Waals surface area contributed by atoms with Gasteiger partial charge in [0.25, 0.3) is 0 Å². The first-order valence-corrected chi connectivity index (χ1v) is 11.3. The van der Waals surface area contributed by atoms with Gasteiger partial charge in [-0.2, -0.15) is 4.98 Å². The molecule has 3 aliphatic rings. The van der Waals surface area contributed by atoms with Gasteiger partial charge in [-0.15, -0.1) is 11.3 Å². The highest BCUT2D eigenvalue weighted by atomic mass is 32.1. The van der Waals surface area contributed by atoms with Gasteiger partial charge in [-0.05, 0) is 56.0 Å². The Bertz CT molecular complexity index is 821. The highest BCUT2D eigenvalue weighted by Gasteiger charge is 2.46. The molecule has 3 fully saturated rings. The molecule has 2 aromatic heterocycles. The zero-order valence-corrected chi connectivity index (χ0v) is 17.3.